The topological polar surface area (TPSA) is 99.4 Å². The van der Waals surface area contributed by atoms with Gasteiger partial charge in [0, 0.05) is 57.4 Å². The minimum absolute atomic E-state index is 0.0261. The Morgan fingerprint density at radius 1 is 1.12 bits per heavy atom. The maximum Gasteiger partial charge on any atom is 0.223 e. The molecule has 1 atom stereocenters. The molecule has 0 saturated carbocycles. The van der Waals surface area contributed by atoms with Crippen LogP contribution in [0.5, 0.6) is 11.5 Å². The van der Waals surface area contributed by atoms with E-state index in [-0.39, 0.29) is 30.4 Å². The molecule has 9 heteroatoms. The molecule has 0 aliphatic carbocycles. The van der Waals surface area contributed by atoms with Gasteiger partial charge in [-0.05, 0) is 25.0 Å². The second-order valence-electron chi connectivity index (χ2n) is 7.91. The van der Waals surface area contributed by atoms with Crippen LogP contribution in [0.1, 0.15) is 47.7 Å². The number of hydrogen-bond donors (Lipinski definition) is 0. The summed E-state index contributed by atoms with van der Waals surface area (Å²) in [6, 6.07) is 5.06. The van der Waals surface area contributed by atoms with Gasteiger partial charge in [-0.1, -0.05) is 0 Å². The van der Waals surface area contributed by atoms with Gasteiger partial charge in [0.15, 0.2) is 11.4 Å². The molecule has 1 unspecified atom stereocenters. The van der Waals surface area contributed by atoms with Crippen molar-refractivity contribution in [2.24, 2.45) is 7.05 Å². The van der Waals surface area contributed by atoms with E-state index in [0.29, 0.717) is 30.2 Å². The number of carbonyl (C=O) groups excluding carboxylic acids is 2. The zero-order valence-electron chi connectivity index (χ0n) is 18.6. The Labute approximate surface area is 186 Å². The maximum absolute atomic E-state index is 12.9. The van der Waals surface area contributed by atoms with Crippen molar-refractivity contribution in [2.75, 3.05) is 27.3 Å². The Morgan fingerprint density at radius 2 is 1.94 bits per heavy atom. The number of rotatable bonds is 7. The number of ketones is 1. The lowest BCUT2D eigenvalue weighted by Crippen LogP contribution is -2.39. The minimum atomic E-state index is -0.127. The van der Waals surface area contributed by atoms with Crippen LogP contribution in [-0.2, 0) is 11.8 Å². The molecule has 3 heterocycles. The summed E-state index contributed by atoms with van der Waals surface area (Å²) in [5.74, 6) is 1.01. The molecule has 0 N–H and O–H groups in total. The molecule has 168 valence electrons. The van der Waals surface area contributed by atoms with Crippen LogP contribution in [0.25, 0.3) is 11.2 Å². The third kappa shape index (κ3) is 4.28. The number of piperidine rings is 1. The number of ether oxygens (including phenoxy) is 2. The first-order valence-electron chi connectivity index (χ1n) is 10.7. The second kappa shape index (κ2) is 9.33. The summed E-state index contributed by atoms with van der Waals surface area (Å²) in [5, 5.41) is 4.63. The van der Waals surface area contributed by atoms with E-state index in [4.69, 9.17) is 9.47 Å². The van der Waals surface area contributed by atoms with Crippen LogP contribution in [0.3, 0.4) is 0 Å². The van der Waals surface area contributed by atoms with Crippen LogP contribution in [0.15, 0.2) is 30.6 Å². The van der Waals surface area contributed by atoms with Gasteiger partial charge >= 0.3 is 0 Å². The zero-order valence-corrected chi connectivity index (χ0v) is 18.6. The zero-order chi connectivity index (χ0) is 22.7. The van der Waals surface area contributed by atoms with Gasteiger partial charge in [0.25, 0.3) is 0 Å². The highest BCUT2D eigenvalue weighted by Gasteiger charge is 2.29. The number of benzene rings is 1. The van der Waals surface area contributed by atoms with Crippen molar-refractivity contribution in [3.63, 3.8) is 0 Å². The Hall–Kier alpha value is -3.49. The number of aryl methyl sites for hydroxylation is 1. The first-order valence-corrected chi connectivity index (χ1v) is 10.7. The molecular formula is C23H27N5O4. The van der Waals surface area contributed by atoms with Gasteiger partial charge in [0.2, 0.25) is 5.91 Å². The van der Waals surface area contributed by atoms with Crippen molar-refractivity contribution in [2.45, 2.75) is 31.6 Å². The fourth-order valence-electron chi connectivity index (χ4n) is 4.25. The molecule has 32 heavy (non-hydrogen) atoms. The molecule has 9 nitrogen and oxygen atoms in total. The molecule has 3 aromatic rings. The summed E-state index contributed by atoms with van der Waals surface area (Å²) in [6.45, 7) is 1.26. The van der Waals surface area contributed by atoms with Crippen LogP contribution in [0.2, 0.25) is 0 Å². The average molecular weight is 438 g/mol. The van der Waals surface area contributed by atoms with Crippen LogP contribution in [0.4, 0.5) is 0 Å². The molecule has 1 amide bonds. The van der Waals surface area contributed by atoms with Crippen molar-refractivity contribution in [1.82, 2.24) is 24.6 Å². The van der Waals surface area contributed by atoms with Gasteiger partial charge in [-0.3, -0.25) is 9.59 Å². The standard InChI is InChI=1S/C23H27N5O4/c1-27-23-22(24-10-11-25-23)21(26-27)15-5-4-12-28(14-15)20(30)9-8-18(29)17-7-6-16(31-2)13-19(17)32-3/h6-7,10-11,13,15H,4-5,8-9,12,14H2,1-3H3. The van der Waals surface area contributed by atoms with Crippen LogP contribution < -0.4 is 9.47 Å². The van der Waals surface area contributed by atoms with E-state index in [2.05, 4.69) is 15.1 Å². The van der Waals surface area contributed by atoms with Crippen molar-refractivity contribution >= 4 is 22.9 Å². The molecular weight excluding hydrogens is 410 g/mol. The van der Waals surface area contributed by atoms with E-state index in [1.54, 1.807) is 42.4 Å². The fourth-order valence-corrected chi connectivity index (χ4v) is 4.25. The summed E-state index contributed by atoms with van der Waals surface area (Å²) in [7, 11) is 4.92. The first-order chi connectivity index (χ1) is 15.5. The van der Waals surface area contributed by atoms with Crippen molar-refractivity contribution < 1.29 is 19.1 Å². The third-order valence-corrected chi connectivity index (χ3v) is 5.92. The number of likely N-dealkylation sites (tertiary alicyclic amines) is 1. The van der Waals surface area contributed by atoms with Gasteiger partial charge < -0.3 is 14.4 Å². The number of methoxy groups -OCH3 is 2. The number of carbonyl (C=O) groups is 2. The highest BCUT2D eigenvalue weighted by Crippen LogP contribution is 2.30. The van der Waals surface area contributed by atoms with Crippen LogP contribution in [0, 0.1) is 0 Å². The highest BCUT2D eigenvalue weighted by atomic mass is 16.5. The SMILES string of the molecule is COc1ccc(C(=O)CCC(=O)N2CCCC(c3nn(C)c4nccnc34)C2)c(OC)c1. The molecule has 0 radical (unpaired) electrons. The largest absolute Gasteiger partial charge is 0.497 e. The van der Waals surface area contributed by atoms with Crippen LogP contribution >= 0.6 is 0 Å². The molecule has 1 aromatic carbocycles. The Balaban J connectivity index is 1.41. The van der Waals surface area contributed by atoms with Gasteiger partial charge in [-0.15, -0.1) is 0 Å². The summed E-state index contributed by atoms with van der Waals surface area (Å²) in [4.78, 5) is 36.3. The second-order valence-corrected chi connectivity index (χ2v) is 7.91. The number of hydrogen-bond acceptors (Lipinski definition) is 7. The lowest BCUT2D eigenvalue weighted by molar-refractivity contribution is -0.132. The van der Waals surface area contributed by atoms with Crippen molar-refractivity contribution in [3.8, 4) is 11.5 Å². The van der Waals surface area contributed by atoms with Gasteiger partial charge in [0.05, 0.1) is 25.5 Å². The average Bonchev–Trinajstić information content (AvgIpc) is 3.18. The van der Waals surface area contributed by atoms with E-state index in [9.17, 15) is 9.59 Å². The summed E-state index contributed by atoms with van der Waals surface area (Å²) < 4.78 is 12.2. The van der Waals surface area contributed by atoms with E-state index in [0.717, 1.165) is 29.7 Å². The molecule has 4 rings (SSSR count). The molecule has 2 aromatic heterocycles. The summed E-state index contributed by atoms with van der Waals surface area (Å²) in [5.41, 5.74) is 2.87. The minimum Gasteiger partial charge on any atom is -0.497 e. The molecule has 0 bridgehead atoms. The van der Waals surface area contributed by atoms with E-state index in [1.165, 1.54) is 7.11 Å². The Morgan fingerprint density at radius 3 is 2.72 bits per heavy atom. The maximum atomic E-state index is 12.9. The molecule has 1 saturated heterocycles. The predicted octanol–water partition coefficient (Wildman–Crippen LogP) is 2.75. The molecule has 1 aliphatic heterocycles. The van der Waals surface area contributed by atoms with Crippen molar-refractivity contribution in [1.29, 1.82) is 0 Å². The molecule has 1 aliphatic rings. The molecule has 0 spiro atoms. The van der Waals surface area contributed by atoms with E-state index < -0.39 is 0 Å². The van der Waals surface area contributed by atoms with Gasteiger partial charge in [-0.2, -0.15) is 5.10 Å². The first kappa shape index (κ1) is 21.7. The van der Waals surface area contributed by atoms with E-state index in [1.807, 2.05) is 11.9 Å². The monoisotopic (exact) mass is 437 g/mol. The normalized spacial score (nSPS) is 16.2. The summed E-state index contributed by atoms with van der Waals surface area (Å²) >= 11 is 0. The fraction of sp³-hybridized carbons (Fsp3) is 0.435. The predicted molar refractivity (Wildman–Crippen MR) is 118 cm³/mol. The number of nitrogens with zero attached hydrogens (tertiary/aromatic N) is 5. The quantitative estimate of drug-likeness (QED) is 0.524. The number of fused-ring (bicyclic) bond motifs is 1. The van der Waals surface area contributed by atoms with Gasteiger partial charge in [0.1, 0.15) is 17.0 Å². The van der Waals surface area contributed by atoms with Crippen LogP contribution in [-0.4, -0.2) is 63.6 Å². The van der Waals surface area contributed by atoms with Crippen molar-refractivity contribution in [3.05, 3.63) is 41.9 Å². The highest BCUT2D eigenvalue weighted by molar-refractivity contribution is 6.00. The summed E-state index contributed by atoms with van der Waals surface area (Å²) in [6.07, 6.45) is 5.42. The number of amides is 1. The van der Waals surface area contributed by atoms with Gasteiger partial charge in [-0.25, -0.2) is 14.6 Å². The molecule has 1 fully saturated rings. The smallest absolute Gasteiger partial charge is 0.223 e. The third-order valence-electron chi connectivity index (χ3n) is 5.92. The van der Waals surface area contributed by atoms with E-state index >= 15 is 0 Å². The number of aromatic nitrogens is 4. The number of Topliss-reactive ketones (excluding diaryl/α,β-unsaturated/α-hetero) is 1. The Bertz CT molecular complexity index is 1140. The lowest BCUT2D eigenvalue weighted by Gasteiger charge is -2.32. The Kier molecular flexibility index (Phi) is 6.34. The lowest BCUT2D eigenvalue weighted by atomic mass is 9.94.